The molecule has 0 bridgehead atoms. The number of carbonyl (C=O) groups is 1. The summed E-state index contributed by atoms with van der Waals surface area (Å²) in [7, 11) is 0. The van der Waals surface area contributed by atoms with E-state index in [4.69, 9.17) is 21.6 Å². The number of allylic oxidation sites excluding steroid dienone is 6. The molecule has 10 heteroatoms. The van der Waals surface area contributed by atoms with Gasteiger partial charge in [-0.2, -0.15) is 0 Å². The third kappa shape index (κ3) is 7.70. The zero-order chi connectivity index (χ0) is 27.2. The lowest BCUT2D eigenvalue weighted by Gasteiger charge is -2.24. The average Bonchev–Trinajstić information content (AvgIpc) is 3.31. The standard InChI is InChI=1S/C27H38N8O2/c1-17(2)18(12-28)11-24(30)34-25-7-6-22-23(33-25)10-19(14-32-22)20(13-29)15-31-21-8-9-35(16-21)26(36)37-27(3,4)5/h6-7,10-15,17,21,28,32-33H,8-9,16,29H2,1-5H3,(H2,30,34). The first kappa shape index (κ1) is 27.5. The first-order valence-corrected chi connectivity index (χ1v) is 12.4. The van der Waals surface area contributed by atoms with E-state index in [0.29, 0.717) is 24.7 Å². The van der Waals surface area contributed by atoms with E-state index in [2.05, 4.69) is 20.6 Å². The highest BCUT2D eigenvalue weighted by Gasteiger charge is 2.29. The predicted octanol–water partition coefficient (Wildman–Crippen LogP) is 3.20. The van der Waals surface area contributed by atoms with Gasteiger partial charge in [0.1, 0.15) is 17.3 Å². The van der Waals surface area contributed by atoms with Crippen LogP contribution in [0.4, 0.5) is 4.79 Å². The largest absolute Gasteiger partial charge is 0.444 e. The van der Waals surface area contributed by atoms with Crippen molar-refractivity contribution >= 4 is 24.4 Å². The Morgan fingerprint density at radius 1 is 1.30 bits per heavy atom. The Kier molecular flexibility index (Phi) is 8.75. The molecule has 1 amide bonds. The number of ether oxygens (including phenoxy) is 1. The topological polar surface area (TPSA) is 154 Å². The molecule has 1 unspecified atom stereocenters. The molecular formula is C27H38N8O2. The summed E-state index contributed by atoms with van der Waals surface area (Å²) in [5, 5.41) is 14.1. The third-order valence-corrected chi connectivity index (χ3v) is 5.79. The van der Waals surface area contributed by atoms with Crippen molar-refractivity contribution in [1.29, 1.82) is 5.41 Å². The smallest absolute Gasteiger partial charge is 0.410 e. The minimum absolute atomic E-state index is 0.0212. The van der Waals surface area contributed by atoms with Crippen molar-refractivity contribution in [3.8, 4) is 0 Å². The van der Waals surface area contributed by atoms with Crippen LogP contribution in [0.5, 0.6) is 0 Å². The number of likely N-dealkylation sites (tertiary alicyclic amines) is 1. The number of carbonyl (C=O) groups excluding carboxylic acids is 1. The van der Waals surface area contributed by atoms with Gasteiger partial charge in [-0.25, -0.2) is 9.79 Å². The summed E-state index contributed by atoms with van der Waals surface area (Å²) >= 11 is 0. The molecule has 10 nitrogen and oxygen atoms in total. The van der Waals surface area contributed by atoms with Gasteiger partial charge in [-0.05, 0) is 63.0 Å². The van der Waals surface area contributed by atoms with Gasteiger partial charge in [0.05, 0.1) is 17.4 Å². The van der Waals surface area contributed by atoms with Crippen molar-refractivity contribution in [2.45, 2.75) is 52.7 Å². The lowest BCUT2D eigenvalue weighted by atomic mass is 10.0. The molecule has 198 valence electrons. The molecule has 0 aromatic heterocycles. The summed E-state index contributed by atoms with van der Waals surface area (Å²) in [6.07, 6.45) is 14.3. The van der Waals surface area contributed by atoms with Crippen LogP contribution in [0.2, 0.25) is 0 Å². The van der Waals surface area contributed by atoms with E-state index in [9.17, 15) is 4.79 Å². The van der Waals surface area contributed by atoms with Crippen molar-refractivity contribution < 1.29 is 9.53 Å². The quantitative estimate of drug-likeness (QED) is 0.264. The molecule has 37 heavy (non-hydrogen) atoms. The van der Waals surface area contributed by atoms with Crippen molar-refractivity contribution in [1.82, 2.24) is 15.5 Å². The predicted molar refractivity (Wildman–Crippen MR) is 149 cm³/mol. The molecular weight excluding hydrogens is 468 g/mol. The van der Waals surface area contributed by atoms with Crippen molar-refractivity contribution in [2.24, 2.45) is 27.4 Å². The Bertz CT molecular complexity index is 1160. The molecule has 3 rings (SSSR count). The van der Waals surface area contributed by atoms with Gasteiger partial charge < -0.3 is 37.1 Å². The minimum Gasteiger partial charge on any atom is -0.444 e. The van der Waals surface area contributed by atoms with Crippen LogP contribution in [0.3, 0.4) is 0 Å². The highest BCUT2D eigenvalue weighted by atomic mass is 16.6. The Balaban J connectivity index is 1.66. The van der Waals surface area contributed by atoms with Crippen LogP contribution in [0.25, 0.3) is 0 Å². The molecule has 7 N–H and O–H groups in total. The van der Waals surface area contributed by atoms with Crippen LogP contribution in [0.1, 0.15) is 41.0 Å². The molecule has 1 fully saturated rings. The third-order valence-electron chi connectivity index (χ3n) is 5.79. The lowest BCUT2D eigenvalue weighted by Crippen LogP contribution is -2.35. The van der Waals surface area contributed by atoms with Crippen LogP contribution >= 0.6 is 0 Å². The van der Waals surface area contributed by atoms with E-state index in [0.717, 1.165) is 34.5 Å². The summed E-state index contributed by atoms with van der Waals surface area (Å²) in [5.41, 5.74) is 15.6. The number of hydrogen-bond acceptors (Lipinski definition) is 8. The molecule has 0 spiro atoms. The Morgan fingerprint density at radius 3 is 2.70 bits per heavy atom. The molecule has 0 aliphatic carbocycles. The number of nitrogens with one attached hydrogen (secondary N) is 3. The van der Waals surface area contributed by atoms with E-state index >= 15 is 0 Å². The van der Waals surface area contributed by atoms with E-state index in [-0.39, 0.29) is 18.1 Å². The summed E-state index contributed by atoms with van der Waals surface area (Å²) in [6, 6.07) is -0.0212. The van der Waals surface area contributed by atoms with Gasteiger partial charge in [0.25, 0.3) is 0 Å². The number of rotatable bonds is 7. The van der Waals surface area contributed by atoms with Crippen LogP contribution < -0.4 is 22.1 Å². The normalized spacial score (nSPS) is 21.0. The maximum atomic E-state index is 12.3. The minimum atomic E-state index is -0.525. The molecule has 0 aromatic rings. The fourth-order valence-electron chi connectivity index (χ4n) is 3.80. The van der Waals surface area contributed by atoms with Gasteiger partial charge >= 0.3 is 6.09 Å². The fraction of sp³-hybridized carbons (Fsp3) is 0.407. The highest BCUT2D eigenvalue weighted by molar-refractivity contribution is 5.97. The summed E-state index contributed by atoms with van der Waals surface area (Å²) < 4.78 is 5.46. The number of nitrogens with zero attached hydrogens (tertiary/aromatic N) is 3. The summed E-state index contributed by atoms with van der Waals surface area (Å²) in [5.74, 6) is 1.08. The molecule has 0 aromatic carbocycles. The molecule has 0 saturated carbocycles. The second-order valence-electron chi connectivity index (χ2n) is 10.3. The Hall–Kier alpha value is -4.08. The van der Waals surface area contributed by atoms with E-state index in [1.165, 1.54) is 12.4 Å². The van der Waals surface area contributed by atoms with Crippen LogP contribution in [0.15, 0.2) is 80.6 Å². The van der Waals surface area contributed by atoms with E-state index in [1.807, 2.05) is 59.0 Å². The molecule has 3 heterocycles. The van der Waals surface area contributed by atoms with Crippen molar-refractivity contribution in [3.63, 3.8) is 0 Å². The number of amidine groups is 1. The number of nitrogens with two attached hydrogens (primary N) is 2. The highest BCUT2D eigenvalue weighted by Crippen LogP contribution is 2.23. The van der Waals surface area contributed by atoms with Crippen LogP contribution in [-0.4, -0.2) is 54.0 Å². The first-order chi connectivity index (χ1) is 17.5. The fourth-order valence-corrected chi connectivity index (χ4v) is 3.80. The van der Waals surface area contributed by atoms with Gasteiger partial charge in [-0.1, -0.05) is 13.8 Å². The Morgan fingerprint density at radius 2 is 2.05 bits per heavy atom. The molecule has 1 saturated heterocycles. The van der Waals surface area contributed by atoms with Gasteiger partial charge in [-0.3, -0.25) is 4.99 Å². The van der Waals surface area contributed by atoms with Gasteiger partial charge in [0.2, 0.25) is 0 Å². The number of hydrogen-bond donors (Lipinski definition) is 5. The van der Waals surface area contributed by atoms with Crippen molar-refractivity contribution in [2.75, 3.05) is 13.1 Å². The molecule has 1 atom stereocenters. The zero-order valence-electron chi connectivity index (χ0n) is 22.2. The number of amides is 1. The average molecular weight is 507 g/mol. The summed E-state index contributed by atoms with van der Waals surface area (Å²) in [6.45, 7) is 10.7. The lowest BCUT2D eigenvalue weighted by molar-refractivity contribution is 0.0293. The van der Waals surface area contributed by atoms with Crippen molar-refractivity contribution in [3.05, 3.63) is 70.6 Å². The molecule has 3 aliphatic rings. The molecule has 3 aliphatic heterocycles. The number of fused-ring (bicyclic) bond motifs is 1. The maximum Gasteiger partial charge on any atom is 0.410 e. The zero-order valence-corrected chi connectivity index (χ0v) is 22.2. The summed E-state index contributed by atoms with van der Waals surface area (Å²) in [4.78, 5) is 23.1. The van der Waals surface area contributed by atoms with E-state index < -0.39 is 5.60 Å². The second kappa shape index (κ2) is 11.8. The monoisotopic (exact) mass is 506 g/mol. The SMILES string of the molecule is CC(C)C(C=N)=CC(N)=NC1=CC=C2NC=C(C(C=NC3CCN(C(=O)OC(C)(C)C)C3)=CN)C=C2N1. The Labute approximate surface area is 218 Å². The number of aliphatic imine (C=N–C) groups is 2. The van der Waals surface area contributed by atoms with Gasteiger partial charge in [0.15, 0.2) is 0 Å². The molecule has 0 radical (unpaired) electrons. The van der Waals surface area contributed by atoms with Crippen LogP contribution in [-0.2, 0) is 4.74 Å². The van der Waals surface area contributed by atoms with E-state index in [1.54, 1.807) is 17.2 Å². The second-order valence-corrected chi connectivity index (χ2v) is 10.3. The van der Waals surface area contributed by atoms with Gasteiger partial charge in [-0.15, -0.1) is 0 Å². The van der Waals surface area contributed by atoms with Gasteiger partial charge in [0, 0.05) is 49.1 Å². The first-order valence-electron chi connectivity index (χ1n) is 12.4. The number of dihydropyridines is 2. The van der Waals surface area contributed by atoms with Crippen LogP contribution in [0, 0.1) is 11.3 Å². The maximum absolute atomic E-state index is 12.3.